The molecule has 0 aliphatic heterocycles. The van der Waals surface area contributed by atoms with Crippen molar-refractivity contribution in [3.05, 3.63) is 66.2 Å². The van der Waals surface area contributed by atoms with Crippen molar-refractivity contribution in [3.63, 3.8) is 0 Å². The van der Waals surface area contributed by atoms with Gasteiger partial charge in [0.05, 0.1) is 36.2 Å². The molecule has 1 heterocycles. The van der Waals surface area contributed by atoms with Crippen molar-refractivity contribution in [1.82, 2.24) is 14.8 Å². The van der Waals surface area contributed by atoms with Crippen LogP contribution in [0.15, 0.2) is 55.1 Å². The zero-order chi connectivity index (χ0) is 21.7. The van der Waals surface area contributed by atoms with E-state index in [1.807, 2.05) is 0 Å². The average molecular weight is 419 g/mol. The van der Waals surface area contributed by atoms with Gasteiger partial charge in [-0.05, 0) is 42.5 Å². The van der Waals surface area contributed by atoms with Crippen LogP contribution in [0.4, 0.5) is 24.5 Å². The fraction of sp³-hybridized carbons (Fsp3) is 0.158. The molecule has 11 heteroatoms. The highest BCUT2D eigenvalue weighted by Crippen LogP contribution is 2.33. The second-order valence-corrected chi connectivity index (χ2v) is 6.04. The van der Waals surface area contributed by atoms with Crippen molar-refractivity contribution in [1.29, 1.82) is 0 Å². The number of hydrogen-bond donors (Lipinski definition) is 2. The number of ether oxygens (including phenoxy) is 1. The summed E-state index contributed by atoms with van der Waals surface area (Å²) < 4.78 is 45.1. The number of methoxy groups -OCH3 is 1. The minimum absolute atomic E-state index is 0.0665. The first-order valence-electron chi connectivity index (χ1n) is 8.56. The SMILES string of the molecule is COC(=O)c1ccc(NCC(=O)Nc2cc(C(F)(F)F)ccc2-n2cncn2)cc1. The summed E-state index contributed by atoms with van der Waals surface area (Å²) in [5.41, 5.74) is 0.139. The van der Waals surface area contributed by atoms with E-state index in [2.05, 4.69) is 25.5 Å². The van der Waals surface area contributed by atoms with Gasteiger partial charge in [0, 0.05) is 5.69 Å². The summed E-state index contributed by atoms with van der Waals surface area (Å²) in [5, 5.41) is 9.17. The fourth-order valence-electron chi connectivity index (χ4n) is 2.56. The van der Waals surface area contributed by atoms with Crippen molar-refractivity contribution < 1.29 is 27.5 Å². The van der Waals surface area contributed by atoms with E-state index < -0.39 is 23.6 Å². The van der Waals surface area contributed by atoms with Crippen molar-refractivity contribution in [2.75, 3.05) is 24.3 Å². The lowest BCUT2D eigenvalue weighted by Crippen LogP contribution is -2.23. The third kappa shape index (κ3) is 4.93. The number of benzene rings is 2. The van der Waals surface area contributed by atoms with Gasteiger partial charge < -0.3 is 15.4 Å². The Morgan fingerprint density at radius 1 is 1.13 bits per heavy atom. The maximum absolute atomic E-state index is 13.1. The predicted molar refractivity (Wildman–Crippen MR) is 101 cm³/mol. The normalized spacial score (nSPS) is 11.1. The summed E-state index contributed by atoms with van der Waals surface area (Å²) in [6.45, 7) is -0.218. The Labute approximate surface area is 168 Å². The number of alkyl halides is 3. The fourth-order valence-corrected chi connectivity index (χ4v) is 2.56. The first-order chi connectivity index (χ1) is 14.3. The van der Waals surface area contributed by atoms with Crippen molar-refractivity contribution in [2.45, 2.75) is 6.18 Å². The van der Waals surface area contributed by atoms with E-state index in [4.69, 9.17) is 0 Å². The zero-order valence-corrected chi connectivity index (χ0v) is 15.6. The molecule has 0 saturated carbocycles. The zero-order valence-electron chi connectivity index (χ0n) is 15.6. The topological polar surface area (TPSA) is 98.1 Å². The molecule has 3 aromatic rings. The number of carbonyl (C=O) groups is 2. The van der Waals surface area contributed by atoms with E-state index in [1.54, 1.807) is 12.1 Å². The average Bonchev–Trinajstić information content (AvgIpc) is 3.26. The number of amides is 1. The molecule has 8 nitrogen and oxygen atoms in total. The van der Waals surface area contributed by atoms with Gasteiger partial charge in [0.25, 0.3) is 0 Å². The van der Waals surface area contributed by atoms with Gasteiger partial charge in [0.15, 0.2) is 0 Å². The molecule has 30 heavy (non-hydrogen) atoms. The Hall–Kier alpha value is -3.89. The molecule has 0 aliphatic rings. The van der Waals surface area contributed by atoms with Gasteiger partial charge in [-0.3, -0.25) is 4.79 Å². The van der Waals surface area contributed by atoms with Crippen LogP contribution in [0.1, 0.15) is 15.9 Å². The highest BCUT2D eigenvalue weighted by Gasteiger charge is 2.31. The second kappa shape index (κ2) is 8.64. The molecule has 156 valence electrons. The van der Waals surface area contributed by atoms with Crippen molar-refractivity contribution >= 4 is 23.3 Å². The third-order valence-corrected chi connectivity index (χ3v) is 4.02. The van der Waals surface area contributed by atoms with Crippen LogP contribution < -0.4 is 10.6 Å². The molecule has 0 radical (unpaired) electrons. The minimum atomic E-state index is -4.57. The molecule has 1 amide bonds. The van der Waals surface area contributed by atoms with Crippen molar-refractivity contribution in [2.24, 2.45) is 0 Å². The van der Waals surface area contributed by atoms with Crippen molar-refractivity contribution in [3.8, 4) is 5.69 Å². The van der Waals surface area contributed by atoms with E-state index in [9.17, 15) is 22.8 Å². The van der Waals surface area contributed by atoms with E-state index in [1.165, 1.54) is 42.6 Å². The Morgan fingerprint density at radius 2 is 1.87 bits per heavy atom. The summed E-state index contributed by atoms with van der Waals surface area (Å²) in [5.74, 6) is -1.07. The van der Waals surface area contributed by atoms with E-state index >= 15 is 0 Å². The summed E-state index contributed by atoms with van der Waals surface area (Å²) in [7, 11) is 1.26. The number of esters is 1. The molecule has 0 fully saturated rings. The molecule has 0 saturated heterocycles. The number of carbonyl (C=O) groups excluding carboxylic acids is 2. The number of halogens is 3. The highest BCUT2D eigenvalue weighted by atomic mass is 19.4. The summed E-state index contributed by atoms with van der Waals surface area (Å²) >= 11 is 0. The highest BCUT2D eigenvalue weighted by molar-refractivity contribution is 5.96. The van der Waals surface area contributed by atoms with Gasteiger partial charge in [-0.15, -0.1) is 0 Å². The van der Waals surface area contributed by atoms with Crippen LogP contribution in [-0.2, 0) is 15.7 Å². The first-order valence-corrected chi connectivity index (χ1v) is 8.56. The Morgan fingerprint density at radius 3 is 2.47 bits per heavy atom. The third-order valence-electron chi connectivity index (χ3n) is 4.02. The number of nitrogens with one attached hydrogen (secondary N) is 2. The molecule has 2 N–H and O–H groups in total. The van der Waals surface area contributed by atoms with Gasteiger partial charge in [-0.25, -0.2) is 14.5 Å². The molecular formula is C19H16F3N5O3. The lowest BCUT2D eigenvalue weighted by molar-refractivity contribution is -0.137. The molecule has 0 spiro atoms. The largest absolute Gasteiger partial charge is 0.465 e. The predicted octanol–water partition coefficient (Wildman–Crippen LogP) is 3.12. The Balaban J connectivity index is 1.73. The molecule has 0 bridgehead atoms. The summed E-state index contributed by atoms with van der Waals surface area (Å²) in [6.07, 6.45) is -2.04. The van der Waals surface area contributed by atoms with Crippen LogP contribution in [0.5, 0.6) is 0 Å². The Kier molecular flexibility index (Phi) is 6.00. The lowest BCUT2D eigenvalue weighted by Gasteiger charge is -2.15. The number of nitrogens with zero attached hydrogens (tertiary/aromatic N) is 3. The van der Waals surface area contributed by atoms with E-state index in [0.717, 1.165) is 12.1 Å². The molecule has 0 unspecified atom stereocenters. The molecule has 0 atom stereocenters. The van der Waals surface area contributed by atoms with Crippen LogP contribution >= 0.6 is 0 Å². The summed E-state index contributed by atoms with van der Waals surface area (Å²) in [4.78, 5) is 27.5. The van der Waals surface area contributed by atoms with Crippen LogP contribution in [0, 0.1) is 0 Å². The van der Waals surface area contributed by atoms with Crippen LogP contribution in [0.25, 0.3) is 5.69 Å². The number of anilines is 2. The molecular weight excluding hydrogens is 403 g/mol. The van der Waals surface area contributed by atoms with Crippen LogP contribution in [-0.4, -0.2) is 40.3 Å². The smallest absolute Gasteiger partial charge is 0.416 e. The lowest BCUT2D eigenvalue weighted by atomic mass is 10.1. The van der Waals surface area contributed by atoms with Crippen LogP contribution in [0.2, 0.25) is 0 Å². The standard InChI is InChI=1S/C19H16F3N5O3/c1-30-18(29)12-2-5-14(6-3-12)24-9-17(28)26-15-8-13(19(20,21)22)4-7-16(15)27-11-23-10-25-27/h2-8,10-11,24H,9H2,1H3,(H,26,28). The number of rotatable bonds is 6. The van der Waals surface area contributed by atoms with Gasteiger partial charge >= 0.3 is 12.1 Å². The number of aromatic nitrogens is 3. The van der Waals surface area contributed by atoms with Gasteiger partial charge in [-0.2, -0.15) is 18.3 Å². The number of hydrogen-bond acceptors (Lipinski definition) is 6. The first kappa shape index (κ1) is 20.8. The Bertz CT molecular complexity index is 1030. The second-order valence-electron chi connectivity index (χ2n) is 6.04. The van der Waals surface area contributed by atoms with E-state index in [0.29, 0.717) is 11.3 Å². The van der Waals surface area contributed by atoms with Gasteiger partial charge in [0.2, 0.25) is 5.91 Å². The minimum Gasteiger partial charge on any atom is -0.465 e. The van der Waals surface area contributed by atoms with Gasteiger partial charge in [0.1, 0.15) is 12.7 Å². The molecule has 2 aromatic carbocycles. The maximum atomic E-state index is 13.1. The van der Waals surface area contributed by atoms with Gasteiger partial charge in [-0.1, -0.05) is 0 Å². The monoisotopic (exact) mass is 419 g/mol. The molecule has 1 aromatic heterocycles. The summed E-state index contributed by atoms with van der Waals surface area (Å²) in [6, 6.07) is 9.11. The molecule has 0 aliphatic carbocycles. The maximum Gasteiger partial charge on any atom is 0.416 e. The van der Waals surface area contributed by atoms with Crippen LogP contribution in [0.3, 0.4) is 0 Å². The molecule has 3 rings (SSSR count). The van der Waals surface area contributed by atoms with E-state index in [-0.39, 0.29) is 17.9 Å². The quantitative estimate of drug-likeness (QED) is 0.596.